The van der Waals surface area contributed by atoms with Gasteiger partial charge in [-0.25, -0.2) is 8.78 Å². The Morgan fingerprint density at radius 3 is 1.71 bits per heavy atom. The number of rotatable bonds is 6. The van der Waals surface area contributed by atoms with Gasteiger partial charge in [0.15, 0.2) is 0 Å². The van der Waals surface area contributed by atoms with E-state index in [4.69, 9.17) is 4.74 Å². The predicted octanol–water partition coefficient (Wildman–Crippen LogP) is 10.9. The third-order valence-corrected chi connectivity index (χ3v) is 8.88. The Kier molecular flexibility index (Phi) is 8.40. The lowest BCUT2D eigenvalue weighted by Crippen LogP contribution is -2.37. The van der Waals surface area contributed by atoms with Gasteiger partial charge in [0.1, 0.15) is 17.4 Å². The Balaban J connectivity index is 1.19. The SMILES string of the molecule is CC1CCC(c2ccc(C3CCC(C(F)(F)Oc4ccc(-c5ccc(C(F)(F)F)c(F)c5)c(F)c4)CC3)cc2)CC1. The van der Waals surface area contributed by atoms with E-state index in [1.54, 1.807) is 0 Å². The maximum atomic E-state index is 15.1. The number of hydrogen-bond acceptors (Lipinski definition) is 1. The molecule has 3 aromatic rings. The molecule has 0 amide bonds. The summed E-state index contributed by atoms with van der Waals surface area (Å²) in [6.45, 7) is 2.30. The molecule has 0 aromatic heterocycles. The van der Waals surface area contributed by atoms with Crippen LogP contribution in [0.4, 0.5) is 30.7 Å². The highest BCUT2D eigenvalue weighted by Gasteiger charge is 2.44. The molecule has 2 aliphatic carbocycles. The molecule has 0 aliphatic heterocycles. The third kappa shape index (κ3) is 6.73. The largest absolute Gasteiger partial charge is 0.432 e. The summed E-state index contributed by atoms with van der Waals surface area (Å²) in [5.74, 6) is -2.41. The normalized spacial score (nSPS) is 23.8. The smallest absolute Gasteiger partial charge is 0.419 e. The highest BCUT2D eigenvalue weighted by atomic mass is 19.4. The van der Waals surface area contributed by atoms with Crippen LogP contribution in [-0.2, 0) is 6.18 Å². The van der Waals surface area contributed by atoms with Crippen LogP contribution >= 0.6 is 0 Å². The number of ether oxygens (including phenoxy) is 1. The fraction of sp³-hybridized carbons (Fsp3) is 0.455. The summed E-state index contributed by atoms with van der Waals surface area (Å²) >= 11 is 0. The van der Waals surface area contributed by atoms with Crippen LogP contribution in [0, 0.1) is 23.5 Å². The zero-order chi connectivity index (χ0) is 29.4. The van der Waals surface area contributed by atoms with Crippen molar-refractivity contribution in [2.24, 2.45) is 11.8 Å². The van der Waals surface area contributed by atoms with Gasteiger partial charge in [0, 0.05) is 11.6 Å². The highest BCUT2D eigenvalue weighted by molar-refractivity contribution is 5.65. The Bertz CT molecular complexity index is 1330. The molecule has 41 heavy (non-hydrogen) atoms. The first-order valence-electron chi connectivity index (χ1n) is 14.2. The molecule has 0 bridgehead atoms. The van der Waals surface area contributed by atoms with Crippen LogP contribution in [0.15, 0.2) is 60.7 Å². The molecule has 0 heterocycles. The molecule has 0 saturated heterocycles. The Hall–Kier alpha value is -3.03. The van der Waals surface area contributed by atoms with Gasteiger partial charge in [-0.05, 0) is 97.2 Å². The van der Waals surface area contributed by atoms with Gasteiger partial charge in [0.2, 0.25) is 0 Å². The van der Waals surface area contributed by atoms with Gasteiger partial charge in [-0.3, -0.25) is 0 Å². The van der Waals surface area contributed by atoms with E-state index in [0.29, 0.717) is 30.9 Å². The molecule has 2 fully saturated rings. The third-order valence-electron chi connectivity index (χ3n) is 8.88. The first-order chi connectivity index (χ1) is 19.4. The van der Waals surface area contributed by atoms with E-state index in [2.05, 4.69) is 31.2 Å². The highest BCUT2D eigenvalue weighted by Crippen LogP contribution is 2.44. The number of halogens is 7. The van der Waals surface area contributed by atoms with Gasteiger partial charge in [-0.2, -0.15) is 22.0 Å². The van der Waals surface area contributed by atoms with Gasteiger partial charge in [0.25, 0.3) is 0 Å². The lowest BCUT2D eigenvalue weighted by Gasteiger charge is -2.33. The van der Waals surface area contributed by atoms with Crippen LogP contribution in [0.1, 0.15) is 86.8 Å². The monoisotopic (exact) mass is 578 g/mol. The van der Waals surface area contributed by atoms with Crippen molar-refractivity contribution in [1.29, 1.82) is 0 Å². The molecule has 0 unspecified atom stereocenters. The van der Waals surface area contributed by atoms with Crippen LogP contribution in [-0.4, -0.2) is 6.11 Å². The summed E-state index contributed by atoms with van der Waals surface area (Å²) in [5, 5.41) is 0. The number of alkyl halides is 5. The summed E-state index contributed by atoms with van der Waals surface area (Å²) in [6, 6.07) is 13.6. The molecule has 5 rings (SSSR count). The van der Waals surface area contributed by atoms with Crippen LogP contribution < -0.4 is 4.74 Å². The van der Waals surface area contributed by atoms with Gasteiger partial charge in [0.05, 0.1) is 11.5 Å². The molecule has 0 spiro atoms. The van der Waals surface area contributed by atoms with E-state index in [1.807, 2.05) is 0 Å². The summed E-state index contributed by atoms with van der Waals surface area (Å²) in [5.41, 5.74) is 0.681. The molecule has 0 radical (unpaired) electrons. The van der Waals surface area contributed by atoms with Crippen LogP contribution in [0.2, 0.25) is 0 Å². The fourth-order valence-electron chi connectivity index (χ4n) is 6.34. The number of benzene rings is 3. The minimum absolute atomic E-state index is 0.147. The minimum atomic E-state index is -4.89. The first-order valence-corrected chi connectivity index (χ1v) is 14.2. The van der Waals surface area contributed by atoms with Gasteiger partial charge < -0.3 is 4.74 Å². The van der Waals surface area contributed by atoms with Crippen molar-refractivity contribution in [3.05, 3.63) is 89.0 Å². The lowest BCUT2D eigenvalue weighted by molar-refractivity contribution is -0.222. The van der Waals surface area contributed by atoms with Gasteiger partial charge in [-0.1, -0.05) is 50.1 Å². The van der Waals surface area contributed by atoms with E-state index in [1.165, 1.54) is 31.2 Å². The molecular formula is C33H33F7O. The van der Waals surface area contributed by atoms with Crippen LogP contribution in [0.5, 0.6) is 5.75 Å². The molecule has 220 valence electrons. The van der Waals surface area contributed by atoms with Gasteiger partial charge >= 0.3 is 12.3 Å². The maximum Gasteiger partial charge on any atom is 0.419 e. The van der Waals surface area contributed by atoms with Crippen molar-refractivity contribution in [3.63, 3.8) is 0 Å². The molecule has 2 aliphatic rings. The van der Waals surface area contributed by atoms with E-state index < -0.39 is 41.2 Å². The van der Waals surface area contributed by atoms with E-state index >= 15 is 8.78 Å². The van der Waals surface area contributed by atoms with Crippen molar-refractivity contribution in [1.82, 2.24) is 0 Å². The molecule has 2 saturated carbocycles. The predicted molar refractivity (Wildman–Crippen MR) is 144 cm³/mol. The summed E-state index contributed by atoms with van der Waals surface area (Å²) in [7, 11) is 0. The molecule has 8 heteroatoms. The van der Waals surface area contributed by atoms with Crippen molar-refractivity contribution in [2.45, 2.75) is 82.4 Å². The second-order valence-corrected chi connectivity index (χ2v) is 11.7. The van der Waals surface area contributed by atoms with Crippen molar-refractivity contribution >= 4 is 0 Å². The Morgan fingerprint density at radius 2 is 1.20 bits per heavy atom. The van der Waals surface area contributed by atoms with E-state index in [9.17, 15) is 22.0 Å². The Labute approximate surface area is 235 Å². The average Bonchev–Trinajstić information content (AvgIpc) is 2.93. The molecular weight excluding hydrogens is 545 g/mol. The molecule has 1 nitrogen and oxygen atoms in total. The number of hydrogen-bond donors (Lipinski definition) is 0. The van der Waals surface area contributed by atoms with Crippen molar-refractivity contribution in [3.8, 4) is 16.9 Å². The van der Waals surface area contributed by atoms with Crippen LogP contribution in [0.25, 0.3) is 11.1 Å². The maximum absolute atomic E-state index is 15.1. The van der Waals surface area contributed by atoms with E-state index in [-0.39, 0.29) is 29.9 Å². The fourth-order valence-corrected chi connectivity index (χ4v) is 6.34. The second kappa shape index (κ2) is 11.7. The standard InChI is InChI=1S/C33H33F7O/c1-20-2-4-21(5-3-20)22-6-8-23(9-7-22)24-10-13-26(14-11-24)33(39,40)41-27-15-16-28(30(34)19-27)25-12-17-29(31(35)18-25)32(36,37)38/h6-9,12,15-21,24,26H,2-5,10-11,13-14H2,1H3. The zero-order valence-electron chi connectivity index (χ0n) is 22.8. The quantitative estimate of drug-likeness (QED) is 0.264. The summed E-state index contributed by atoms with van der Waals surface area (Å²) < 4.78 is 102. The van der Waals surface area contributed by atoms with Gasteiger partial charge in [-0.15, -0.1) is 0 Å². The Morgan fingerprint density at radius 1 is 0.634 bits per heavy atom. The average molecular weight is 579 g/mol. The second-order valence-electron chi connectivity index (χ2n) is 11.7. The van der Waals surface area contributed by atoms with Crippen molar-refractivity contribution < 1.29 is 35.5 Å². The topological polar surface area (TPSA) is 9.23 Å². The lowest BCUT2D eigenvalue weighted by atomic mass is 9.76. The zero-order valence-corrected chi connectivity index (χ0v) is 22.8. The summed E-state index contributed by atoms with van der Waals surface area (Å²) in [4.78, 5) is 0. The molecule has 0 N–H and O–H groups in total. The van der Waals surface area contributed by atoms with E-state index in [0.717, 1.165) is 35.7 Å². The van der Waals surface area contributed by atoms with Crippen LogP contribution in [0.3, 0.4) is 0 Å². The summed E-state index contributed by atoms with van der Waals surface area (Å²) in [6.07, 6.45) is -1.79. The first kappa shape index (κ1) is 29.5. The minimum Gasteiger partial charge on any atom is -0.432 e. The molecule has 0 atom stereocenters. The van der Waals surface area contributed by atoms with Crippen molar-refractivity contribution in [2.75, 3.05) is 0 Å². The molecule has 3 aromatic carbocycles.